The molecule has 0 bridgehead atoms. The standard InChI is InChI=1S/C9H10O4/c1-12-8-4-9(13-2)7(11)3-6(8)5-10/h3-5,11H,1-2H3. The molecule has 0 aliphatic heterocycles. The van der Waals surface area contributed by atoms with Gasteiger partial charge in [-0.1, -0.05) is 0 Å². The van der Waals surface area contributed by atoms with Crippen molar-refractivity contribution in [3.63, 3.8) is 0 Å². The van der Waals surface area contributed by atoms with Gasteiger partial charge in [-0.05, 0) is 6.07 Å². The smallest absolute Gasteiger partial charge is 0.164 e. The number of aldehydes is 1. The summed E-state index contributed by atoms with van der Waals surface area (Å²) in [6.45, 7) is 0. The van der Waals surface area contributed by atoms with E-state index >= 15 is 0 Å². The highest BCUT2D eigenvalue weighted by Gasteiger charge is 2.08. The predicted octanol–water partition coefficient (Wildman–Crippen LogP) is 1.22. The lowest BCUT2D eigenvalue weighted by Crippen LogP contribution is -1.92. The van der Waals surface area contributed by atoms with Crippen LogP contribution in [0.5, 0.6) is 17.2 Å². The van der Waals surface area contributed by atoms with E-state index in [-0.39, 0.29) is 11.5 Å². The van der Waals surface area contributed by atoms with E-state index in [1.54, 1.807) is 0 Å². The van der Waals surface area contributed by atoms with Gasteiger partial charge in [0.1, 0.15) is 5.75 Å². The van der Waals surface area contributed by atoms with Crippen LogP contribution in [0.2, 0.25) is 0 Å². The monoisotopic (exact) mass is 182 g/mol. The Morgan fingerprint density at radius 1 is 1.23 bits per heavy atom. The van der Waals surface area contributed by atoms with Crippen molar-refractivity contribution >= 4 is 6.29 Å². The van der Waals surface area contributed by atoms with Crippen molar-refractivity contribution in [1.29, 1.82) is 0 Å². The van der Waals surface area contributed by atoms with Gasteiger partial charge in [-0.25, -0.2) is 0 Å². The highest BCUT2D eigenvalue weighted by molar-refractivity contribution is 5.81. The van der Waals surface area contributed by atoms with E-state index in [0.29, 0.717) is 17.6 Å². The second-order valence-corrected chi connectivity index (χ2v) is 2.38. The number of benzene rings is 1. The first kappa shape index (κ1) is 9.38. The Hall–Kier alpha value is -1.71. The van der Waals surface area contributed by atoms with Crippen molar-refractivity contribution in [3.8, 4) is 17.2 Å². The van der Waals surface area contributed by atoms with Gasteiger partial charge in [0.05, 0.1) is 19.8 Å². The summed E-state index contributed by atoms with van der Waals surface area (Å²) >= 11 is 0. The number of phenolic OH excluding ortho intramolecular Hbond substituents is 1. The summed E-state index contributed by atoms with van der Waals surface area (Å²) in [6, 6.07) is 2.75. The largest absolute Gasteiger partial charge is 0.504 e. The highest BCUT2D eigenvalue weighted by Crippen LogP contribution is 2.32. The van der Waals surface area contributed by atoms with Gasteiger partial charge < -0.3 is 14.6 Å². The van der Waals surface area contributed by atoms with Crippen LogP contribution in [-0.2, 0) is 0 Å². The SMILES string of the molecule is COc1cc(OC)c(C=O)cc1O. The second-order valence-electron chi connectivity index (χ2n) is 2.38. The Morgan fingerprint density at radius 2 is 1.85 bits per heavy atom. The molecule has 0 saturated carbocycles. The van der Waals surface area contributed by atoms with Crippen molar-refractivity contribution in [2.75, 3.05) is 14.2 Å². The number of ether oxygens (including phenoxy) is 2. The number of rotatable bonds is 3. The van der Waals surface area contributed by atoms with Crippen LogP contribution >= 0.6 is 0 Å². The second kappa shape index (κ2) is 3.80. The summed E-state index contributed by atoms with van der Waals surface area (Å²) in [5, 5.41) is 9.30. The zero-order chi connectivity index (χ0) is 9.84. The molecule has 4 heteroatoms. The number of hydrogen-bond donors (Lipinski definition) is 1. The normalized spacial score (nSPS) is 9.38. The van der Waals surface area contributed by atoms with Crippen molar-refractivity contribution in [2.24, 2.45) is 0 Å². The molecule has 1 N–H and O–H groups in total. The van der Waals surface area contributed by atoms with Crippen LogP contribution < -0.4 is 9.47 Å². The topological polar surface area (TPSA) is 55.8 Å². The molecular formula is C9H10O4. The van der Waals surface area contributed by atoms with Gasteiger partial charge >= 0.3 is 0 Å². The molecule has 0 heterocycles. The van der Waals surface area contributed by atoms with Gasteiger partial charge in [0.25, 0.3) is 0 Å². The van der Waals surface area contributed by atoms with Crippen LogP contribution in [0.25, 0.3) is 0 Å². The Labute approximate surface area is 75.7 Å². The molecule has 1 rings (SSSR count). The molecule has 0 aliphatic carbocycles. The minimum atomic E-state index is -0.0783. The molecule has 0 spiro atoms. The summed E-state index contributed by atoms with van der Waals surface area (Å²) < 4.78 is 9.75. The summed E-state index contributed by atoms with van der Waals surface area (Å²) in [4.78, 5) is 10.5. The Balaban J connectivity index is 3.26. The zero-order valence-electron chi connectivity index (χ0n) is 7.40. The third kappa shape index (κ3) is 1.72. The van der Waals surface area contributed by atoms with E-state index in [0.717, 1.165) is 0 Å². The Kier molecular flexibility index (Phi) is 2.74. The molecule has 0 aromatic heterocycles. The molecule has 0 atom stereocenters. The molecule has 0 radical (unpaired) electrons. The quantitative estimate of drug-likeness (QED) is 0.714. The van der Waals surface area contributed by atoms with E-state index in [4.69, 9.17) is 9.47 Å². The van der Waals surface area contributed by atoms with Gasteiger partial charge in [-0.2, -0.15) is 0 Å². The Morgan fingerprint density at radius 3 is 2.31 bits per heavy atom. The minimum Gasteiger partial charge on any atom is -0.504 e. The van der Waals surface area contributed by atoms with E-state index in [1.807, 2.05) is 0 Å². The van der Waals surface area contributed by atoms with Crippen LogP contribution in [-0.4, -0.2) is 25.6 Å². The van der Waals surface area contributed by atoms with Crippen LogP contribution in [0.15, 0.2) is 12.1 Å². The third-order valence-corrected chi connectivity index (χ3v) is 1.66. The van der Waals surface area contributed by atoms with E-state index in [1.165, 1.54) is 26.4 Å². The summed E-state index contributed by atoms with van der Waals surface area (Å²) in [6.07, 6.45) is 0.609. The van der Waals surface area contributed by atoms with Gasteiger partial charge in [0.15, 0.2) is 17.8 Å². The summed E-state index contributed by atoms with van der Waals surface area (Å²) in [7, 11) is 2.87. The van der Waals surface area contributed by atoms with E-state index in [9.17, 15) is 9.90 Å². The molecule has 70 valence electrons. The summed E-state index contributed by atoms with van der Waals surface area (Å²) in [5.74, 6) is 0.581. The lowest BCUT2D eigenvalue weighted by molar-refractivity contribution is 0.112. The average Bonchev–Trinajstić information content (AvgIpc) is 2.17. The zero-order valence-corrected chi connectivity index (χ0v) is 7.40. The molecule has 1 aromatic rings. The third-order valence-electron chi connectivity index (χ3n) is 1.66. The predicted molar refractivity (Wildman–Crippen MR) is 46.6 cm³/mol. The first-order chi connectivity index (χ1) is 6.22. The number of phenols is 1. The number of hydrogen-bond acceptors (Lipinski definition) is 4. The lowest BCUT2D eigenvalue weighted by atomic mass is 10.2. The number of carbonyl (C=O) groups is 1. The van der Waals surface area contributed by atoms with E-state index in [2.05, 4.69) is 0 Å². The molecule has 0 fully saturated rings. The molecular weight excluding hydrogens is 172 g/mol. The molecule has 0 saturated heterocycles. The molecule has 1 aromatic carbocycles. The maximum atomic E-state index is 10.5. The van der Waals surface area contributed by atoms with Gasteiger partial charge in [-0.15, -0.1) is 0 Å². The van der Waals surface area contributed by atoms with E-state index < -0.39 is 0 Å². The van der Waals surface area contributed by atoms with Crippen molar-refractivity contribution in [2.45, 2.75) is 0 Å². The van der Waals surface area contributed by atoms with Gasteiger partial charge in [0, 0.05) is 6.07 Å². The molecule has 4 nitrogen and oxygen atoms in total. The van der Waals surface area contributed by atoms with Gasteiger partial charge in [-0.3, -0.25) is 4.79 Å². The first-order valence-electron chi connectivity index (χ1n) is 3.63. The van der Waals surface area contributed by atoms with Crippen LogP contribution in [0, 0.1) is 0 Å². The number of methoxy groups -OCH3 is 2. The molecule has 0 amide bonds. The maximum absolute atomic E-state index is 10.5. The van der Waals surface area contributed by atoms with Crippen LogP contribution in [0.1, 0.15) is 10.4 Å². The highest BCUT2D eigenvalue weighted by atomic mass is 16.5. The molecule has 13 heavy (non-hydrogen) atoms. The number of aromatic hydroxyl groups is 1. The number of carbonyl (C=O) groups excluding carboxylic acids is 1. The summed E-state index contributed by atoms with van der Waals surface area (Å²) in [5.41, 5.74) is 0.292. The maximum Gasteiger partial charge on any atom is 0.164 e. The fourth-order valence-electron chi connectivity index (χ4n) is 0.998. The fraction of sp³-hybridized carbons (Fsp3) is 0.222. The van der Waals surface area contributed by atoms with Gasteiger partial charge in [0.2, 0.25) is 0 Å². The first-order valence-corrected chi connectivity index (χ1v) is 3.63. The van der Waals surface area contributed by atoms with Crippen molar-refractivity contribution < 1.29 is 19.4 Å². The fourth-order valence-corrected chi connectivity index (χ4v) is 0.998. The van der Waals surface area contributed by atoms with Crippen LogP contribution in [0.4, 0.5) is 0 Å². The average molecular weight is 182 g/mol. The van der Waals surface area contributed by atoms with Crippen molar-refractivity contribution in [3.05, 3.63) is 17.7 Å². The molecule has 0 aliphatic rings. The Bertz CT molecular complexity index is 320. The molecule has 0 unspecified atom stereocenters. The van der Waals surface area contributed by atoms with Crippen LogP contribution in [0.3, 0.4) is 0 Å². The minimum absolute atomic E-state index is 0.0783. The lowest BCUT2D eigenvalue weighted by Gasteiger charge is -2.07. The van der Waals surface area contributed by atoms with Crippen molar-refractivity contribution in [1.82, 2.24) is 0 Å².